The number of hydrogen-bond acceptors (Lipinski definition) is 2. The van der Waals surface area contributed by atoms with Gasteiger partial charge in [-0.2, -0.15) is 0 Å². The summed E-state index contributed by atoms with van der Waals surface area (Å²) in [6, 6.07) is 9.97. The Bertz CT molecular complexity index is 1080. The summed E-state index contributed by atoms with van der Waals surface area (Å²) in [4.78, 5) is 30.1. The van der Waals surface area contributed by atoms with E-state index in [2.05, 4.69) is 11.1 Å². The average molecular weight is 319 g/mol. The number of para-hydroxylation sites is 1. The van der Waals surface area contributed by atoms with Crippen LogP contribution in [0.2, 0.25) is 0 Å². The largest absolute Gasteiger partial charge is 0.357 e. The molecule has 0 radical (unpaired) electrons. The number of hydrogen-bond donors (Lipinski definition) is 1. The molecule has 1 saturated carbocycles. The van der Waals surface area contributed by atoms with Crippen LogP contribution in [0, 0.1) is 0 Å². The Kier molecular flexibility index (Phi) is 2.37. The number of nitrogens with one attached hydrogen (secondary N) is 1. The van der Waals surface area contributed by atoms with Crippen LogP contribution in [0.3, 0.4) is 0 Å². The minimum Gasteiger partial charge on any atom is -0.357 e. The van der Waals surface area contributed by atoms with Crippen molar-refractivity contribution in [3.8, 4) is 0 Å². The van der Waals surface area contributed by atoms with Gasteiger partial charge in [-0.1, -0.05) is 18.2 Å². The lowest BCUT2D eigenvalue weighted by molar-refractivity contribution is -0.120. The van der Waals surface area contributed by atoms with Crippen LogP contribution >= 0.6 is 0 Å². The molecule has 1 N–H and O–H groups in total. The highest BCUT2D eigenvalue weighted by molar-refractivity contribution is 6.11. The third-order valence-electron chi connectivity index (χ3n) is 5.69. The van der Waals surface area contributed by atoms with Crippen LogP contribution in [0.25, 0.3) is 10.9 Å². The van der Waals surface area contributed by atoms with Gasteiger partial charge in [0, 0.05) is 43.5 Å². The predicted octanol–water partition coefficient (Wildman–Crippen LogP) is 2.27. The number of benzene rings is 1. The Labute approximate surface area is 138 Å². The monoisotopic (exact) mass is 319 g/mol. The zero-order valence-corrected chi connectivity index (χ0v) is 13.5. The number of anilines is 1. The Morgan fingerprint density at radius 1 is 1.17 bits per heavy atom. The van der Waals surface area contributed by atoms with Crippen molar-refractivity contribution in [2.24, 2.45) is 7.05 Å². The maximum Gasteiger partial charge on any atom is 0.274 e. The number of aromatic nitrogens is 2. The fraction of sp³-hybridized carbons (Fsp3) is 0.263. The Morgan fingerprint density at radius 3 is 2.79 bits per heavy atom. The normalized spacial score (nSPS) is 24.8. The molecule has 5 rings (SSSR count). The van der Waals surface area contributed by atoms with E-state index in [-0.39, 0.29) is 17.4 Å². The highest BCUT2D eigenvalue weighted by atomic mass is 16.2. The maximum absolute atomic E-state index is 13.0. The fourth-order valence-electron chi connectivity index (χ4n) is 4.42. The first-order valence-corrected chi connectivity index (χ1v) is 8.10. The lowest BCUT2D eigenvalue weighted by atomic mass is 9.91. The van der Waals surface area contributed by atoms with E-state index >= 15 is 0 Å². The van der Waals surface area contributed by atoms with Crippen LogP contribution in [0.15, 0.2) is 47.5 Å². The molecule has 5 heteroatoms. The lowest BCUT2D eigenvalue weighted by Crippen LogP contribution is -2.29. The molecule has 120 valence electrons. The standard InChI is InChI=1S/C19H17N3O2/c1-21-10-12(11-7-8-20-16(11)17(21)23)14-9-19(14)13-5-3-4-6-15(13)22(2)18(19)24/h3-8,10,14,20H,9H2,1-2H3. The molecule has 1 aromatic carbocycles. The molecule has 1 fully saturated rings. The van der Waals surface area contributed by atoms with E-state index in [1.165, 1.54) is 0 Å². The van der Waals surface area contributed by atoms with Crippen LogP contribution in [0.4, 0.5) is 5.69 Å². The molecule has 2 aromatic heterocycles. The van der Waals surface area contributed by atoms with Gasteiger partial charge in [0.1, 0.15) is 5.52 Å². The van der Waals surface area contributed by atoms with Gasteiger partial charge in [-0.3, -0.25) is 9.59 Å². The molecule has 1 aliphatic carbocycles. The molecule has 5 nitrogen and oxygen atoms in total. The van der Waals surface area contributed by atoms with Crippen molar-refractivity contribution >= 4 is 22.5 Å². The second kappa shape index (κ2) is 4.17. The minimum atomic E-state index is -0.465. The third-order valence-corrected chi connectivity index (χ3v) is 5.69. The first kappa shape index (κ1) is 13.6. The second-order valence-corrected chi connectivity index (χ2v) is 6.88. The topological polar surface area (TPSA) is 58.1 Å². The predicted molar refractivity (Wildman–Crippen MR) is 92.4 cm³/mol. The van der Waals surface area contributed by atoms with Gasteiger partial charge in [0.05, 0.1) is 5.41 Å². The molecule has 3 aromatic rings. The van der Waals surface area contributed by atoms with E-state index in [0.717, 1.165) is 28.6 Å². The van der Waals surface area contributed by atoms with Gasteiger partial charge < -0.3 is 14.5 Å². The number of fused-ring (bicyclic) bond motifs is 3. The average Bonchev–Trinajstić information content (AvgIpc) is 3.07. The van der Waals surface area contributed by atoms with Gasteiger partial charge in [-0.05, 0) is 29.7 Å². The molecular weight excluding hydrogens is 302 g/mol. The van der Waals surface area contributed by atoms with Crippen LogP contribution in [0.1, 0.15) is 23.5 Å². The van der Waals surface area contributed by atoms with Gasteiger partial charge in [-0.15, -0.1) is 0 Å². The van der Waals surface area contributed by atoms with Crippen molar-refractivity contribution in [2.45, 2.75) is 17.8 Å². The van der Waals surface area contributed by atoms with Crippen molar-refractivity contribution in [3.05, 3.63) is 64.2 Å². The summed E-state index contributed by atoms with van der Waals surface area (Å²) in [7, 11) is 3.61. The summed E-state index contributed by atoms with van der Waals surface area (Å²) in [5.41, 5.74) is 3.30. The number of likely N-dealkylation sites (N-methyl/N-ethyl adjacent to an activating group) is 1. The molecule has 1 amide bonds. The highest BCUT2D eigenvalue weighted by Crippen LogP contribution is 2.66. The Morgan fingerprint density at radius 2 is 1.96 bits per heavy atom. The Balaban J connectivity index is 1.73. The van der Waals surface area contributed by atoms with E-state index in [9.17, 15) is 9.59 Å². The fourth-order valence-corrected chi connectivity index (χ4v) is 4.42. The molecule has 0 bridgehead atoms. The highest BCUT2D eigenvalue weighted by Gasteiger charge is 2.66. The number of carbonyl (C=O) groups is 1. The molecule has 1 spiro atoms. The molecule has 2 aliphatic rings. The van der Waals surface area contributed by atoms with Crippen molar-refractivity contribution in [1.82, 2.24) is 9.55 Å². The van der Waals surface area contributed by atoms with Crippen LogP contribution < -0.4 is 10.5 Å². The number of nitrogens with zero attached hydrogens (tertiary/aromatic N) is 2. The number of H-pyrrole nitrogens is 1. The van der Waals surface area contributed by atoms with Crippen molar-refractivity contribution in [1.29, 1.82) is 0 Å². The number of amides is 1. The molecular formula is C19H17N3O2. The van der Waals surface area contributed by atoms with Crippen molar-refractivity contribution in [2.75, 3.05) is 11.9 Å². The first-order valence-electron chi connectivity index (χ1n) is 8.10. The molecule has 0 saturated heterocycles. The summed E-state index contributed by atoms with van der Waals surface area (Å²) in [5.74, 6) is 0.271. The van der Waals surface area contributed by atoms with Gasteiger partial charge in [-0.25, -0.2) is 0 Å². The number of carbonyl (C=O) groups excluding carboxylic acids is 1. The number of rotatable bonds is 1. The third kappa shape index (κ3) is 1.40. The minimum absolute atomic E-state index is 0.0382. The summed E-state index contributed by atoms with van der Waals surface area (Å²) in [6.07, 6.45) is 4.49. The molecule has 2 unspecified atom stereocenters. The molecule has 3 heterocycles. The number of aromatic amines is 1. The summed E-state index contributed by atoms with van der Waals surface area (Å²) < 4.78 is 1.61. The zero-order chi connectivity index (χ0) is 16.6. The van der Waals surface area contributed by atoms with E-state index in [0.29, 0.717) is 5.52 Å². The maximum atomic E-state index is 13.0. The van der Waals surface area contributed by atoms with E-state index < -0.39 is 5.41 Å². The number of aryl methyl sites for hydroxylation is 1. The van der Waals surface area contributed by atoms with E-state index in [4.69, 9.17) is 0 Å². The van der Waals surface area contributed by atoms with Gasteiger partial charge in [0.15, 0.2) is 0 Å². The number of pyridine rings is 1. The zero-order valence-electron chi connectivity index (χ0n) is 13.5. The molecule has 24 heavy (non-hydrogen) atoms. The first-order chi connectivity index (χ1) is 11.6. The van der Waals surface area contributed by atoms with Gasteiger partial charge >= 0.3 is 0 Å². The molecule has 2 atom stereocenters. The van der Waals surface area contributed by atoms with E-state index in [1.54, 1.807) is 22.7 Å². The van der Waals surface area contributed by atoms with Crippen LogP contribution in [0.5, 0.6) is 0 Å². The Hall–Kier alpha value is -2.82. The van der Waals surface area contributed by atoms with E-state index in [1.807, 2.05) is 37.5 Å². The summed E-state index contributed by atoms with van der Waals surface area (Å²) in [5, 5.41) is 0.930. The van der Waals surface area contributed by atoms with Crippen LogP contribution in [-0.4, -0.2) is 22.5 Å². The summed E-state index contributed by atoms with van der Waals surface area (Å²) in [6.45, 7) is 0. The summed E-state index contributed by atoms with van der Waals surface area (Å²) >= 11 is 0. The lowest BCUT2D eigenvalue weighted by Gasteiger charge is -2.12. The quantitative estimate of drug-likeness (QED) is 0.748. The van der Waals surface area contributed by atoms with Crippen molar-refractivity contribution < 1.29 is 4.79 Å². The second-order valence-electron chi connectivity index (χ2n) is 6.88. The van der Waals surface area contributed by atoms with Gasteiger partial charge in [0.2, 0.25) is 5.91 Å². The SMILES string of the molecule is CN1C(=O)C2(CC2c2cn(C)c(=O)c3[nH]ccc23)c2ccccc21. The van der Waals surface area contributed by atoms with Gasteiger partial charge in [0.25, 0.3) is 5.56 Å². The smallest absolute Gasteiger partial charge is 0.274 e. The van der Waals surface area contributed by atoms with Crippen molar-refractivity contribution in [3.63, 3.8) is 0 Å². The van der Waals surface area contributed by atoms with Crippen LogP contribution in [-0.2, 0) is 17.3 Å². The molecule has 1 aliphatic heterocycles.